The molecule has 0 bridgehead atoms. The van der Waals surface area contributed by atoms with Gasteiger partial charge in [-0.05, 0) is 0 Å². The van der Waals surface area contributed by atoms with Crippen molar-refractivity contribution in [1.29, 1.82) is 0 Å². The maximum Gasteiger partial charge on any atom is 0.435 e. The maximum atomic E-state index is 12.1. The van der Waals surface area contributed by atoms with E-state index in [-0.39, 0.29) is 0 Å². The first-order valence-electron chi connectivity index (χ1n) is 3.85. The van der Waals surface area contributed by atoms with Crippen molar-refractivity contribution in [2.45, 2.75) is 24.1 Å². The van der Waals surface area contributed by atoms with Crippen LogP contribution in [0.3, 0.4) is 0 Å². The van der Waals surface area contributed by atoms with Crippen molar-refractivity contribution in [1.82, 2.24) is 0 Å². The van der Waals surface area contributed by atoms with E-state index >= 15 is 0 Å². The lowest BCUT2D eigenvalue weighted by atomic mass is 10.0. The van der Waals surface area contributed by atoms with E-state index in [4.69, 9.17) is 0 Å². The van der Waals surface area contributed by atoms with Crippen molar-refractivity contribution in [2.75, 3.05) is 13.2 Å². The zero-order valence-electron chi connectivity index (χ0n) is 7.80. The van der Waals surface area contributed by atoms with E-state index in [2.05, 4.69) is 10.5 Å². The van der Waals surface area contributed by atoms with Crippen LogP contribution in [0.4, 0.5) is 39.5 Å². The highest BCUT2D eigenvalue weighted by Crippen LogP contribution is 2.54. The van der Waals surface area contributed by atoms with Gasteiger partial charge in [0.2, 0.25) is 0 Å². The Bertz CT molecular complexity index is 216. The van der Waals surface area contributed by atoms with Gasteiger partial charge in [0.15, 0.2) is 0 Å². The fourth-order valence-electron chi connectivity index (χ4n) is 0.940. The lowest BCUT2D eigenvalue weighted by Crippen LogP contribution is -2.68. The zero-order chi connectivity index (χ0) is 14.1. The van der Waals surface area contributed by atoms with Gasteiger partial charge in [-0.1, -0.05) is 0 Å². The van der Waals surface area contributed by atoms with E-state index in [9.17, 15) is 39.5 Å². The first kappa shape index (κ1) is 16.3. The van der Waals surface area contributed by atoms with Gasteiger partial charge < -0.3 is 10.5 Å². The van der Waals surface area contributed by atoms with Crippen LogP contribution in [-0.2, 0) is 4.74 Å². The summed E-state index contributed by atoms with van der Waals surface area (Å²) >= 11 is 0. The minimum Gasteiger partial charge on any atom is -0.350 e. The van der Waals surface area contributed by atoms with Crippen molar-refractivity contribution < 1.29 is 44.3 Å². The fourth-order valence-corrected chi connectivity index (χ4v) is 0.940. The summed E-state index contributed by atoms with van der Waals surface area (Å²) < 4.78 is 112. The average Bonchev–Trinajstić information content (AvgIpc) is 1.96. The second-order valence-electron chi connectivity index (χ2n) is 2.81. The summed E-state index contributed by atoms with van der Waals surface area (Å²) in [4.78, 5) is 0. The molecule has 0 atom stereocenters. The van der Waals surface area contributed by atoms with Gasteiger partial charge in [0.25, 0.3) is 0 Å². The molecule has 17 heavy (non-hydrogen) atoms. The third-order valence-electron chi connectivity index (χ3n) is 1.63. The van der Waals surface area contributed by atoms with Crippen LogP contribution in [0.1, 0.15) is 0 Å². The molecule has 0 unspecified atom stereocenters. The molecule has 0 amide bonds. The highest BCUT2D eigenvalue weighted by atomic mass is 19.4. The van der Waals surface area contributed by atoms with Gasteiger partial charge in [-0.2, -0.15) is 39.5 Å². The molecule has 0 aromatic rings. The molecule has 0 saturated heterocycles. The Balaban J connectivity index is 5.75. The summed E-state index contributed by atoms with van der Waals surface area (Å²) in [6, 6.07) is 0. The molecule has 2 N–H and O–H groups in total. The van der Waals surface area contributed by atoms with Crippen LogP contribution in [0.5, 0.6) is 0 Å². The van der Waals surface area contributed by atoms with Crippen LogP contribution in [0, 0.1) is 0 Å². The summed E-state index contributed by atoms with van der Waals surface area (Å²) in [5.41, 5.74) is -1.68. The van der Waals surface area contributed by atoms with Gasteiger partial charge >= 0.3 is 24.1 Å². The summed E-state index contributed by atoms with van der Waals surface area (Å²) in [5.74, 6) is 0. The van der Waals surface area contributed by atoms with Crippen LogP contribution < -0.4 is 5.73 Å². The second kappa shape index (κ2) is 4.52. The van der Waals surface area contributed by atoms with Crippen molar-refractivity contribution in [3.8, 4) is 0 Å². The molecule has 0 aliphatic heterocycles. The number of nitrogens with two attached hydrogens (primary N) is 1. The molecule has 0 rings (SSSR count). The van der Waals surface area contributed by atoms with Crippen molar-refractivity contribution in [3.05, 3.63) is 0 Å². The molecule has 0 fully saturated rings. The van der Waals surface area contributed by atoms with Gasteiger partial charge in [-0.3, -0.25) is 0 Å². The number of alkyl halides is 9. The number of hydrogen-bond donors (Lipinski definition) is 1. The molecule has 0 aliphatic carbocycles. The monoisotopic (exact) mass is 279 g/mol. The SMILES string of the molecule is NCCOC(C(F)(F)F)(C(F)(F)F)C(F)(F)F. The minimum atomic E-state index is -6.70. The molecule has 0 heterocycles. The van der Waals surface area contributed by atoms with E-state index in [1.54, 1.807) is 0 Å². The molecule has 0 saturated carbocycles. The molecular weight excluding hydrogens is 273 g/mol. The molecule has 0 radical (unpaired) electrons. The van der Waals surface area contributed by atoms with Crippen molar-refractivity contribution in [3.63, 3.8) is 0 Å². The first-order valence-corrected chi connectivity index (χ1v) is 3.85. The summed E-state index contributed by atoms with van der Waals surface area (Å²) in [7, 11) is 0. The first-order chi connectivity index (χ1) is 7.31. The lowest BCUT2D eigenvalue weighted by Gasteiger charge is -2.37. The summed E-state index contributed by atoms with van der Waals surface area (Å²) in [6.07, 6.45) is -20.1. The van der Waals surface area contributed by atoms with Crippen LogP contribution >= 0.6 is 0 Å². The maximum absolute atomic E-state index is 12.1. The summed E-state index contributed by atoms with van der Waals surface area (Å²) in [5, 5.41) is 0. The third-order valence-corrected chi connectivity index (χ3v) is 1.63. The quantitative estimate of drug-likeness (QED) is 0.805. The molecule has 0 aliphatic rings. The van der Waals surface area contributed by atoms with Gasteiger partial charge in [0.05, 0.1) is 6.61 Å². The normalized spacial score (nSPS) is 15.2. The lowest BCUT2D eigenvalue weighted by molar-refractivity contribution is -0.456. The highest BCUT2D eigenvalue weighted by molar-refractivity contribution is 5.02. The topological polar surface area (TPSA) is 35.2 Å². The molecule has 0 aromatic carbocycles. The number of hydrogen-bond acceptors (Lipinski definition) is 2. The standard InChI is InChI=1S/C6H6F9NO/c7-4(8,9)3(5(10,11)12,6(13,14)15)17-2-1-16/h1-2,16H2. The van der Waals surface area contributed by atoms with E-state index in [1.807, 2.05) is 0 Å². The molecule has 0 aromatic heterocycles. The Morgan fingerprint density at radius 1 is 0.706 bits per heavy atom. The minimum absolute atomic E-state index is 0.927. The zero-order valence-corrected chi connectivity index (χ0v) is 7.80. The predicted molar refractivity (Wildman–Crippen MR) is 35.9 cm³/mol. The van der Waals surface area contributed by atoms with E-state index in [1.165, 1.54) is 0 Å². The molecule has 104 valence electrons. The second-order valence-corrected chi connectivity index (χ2v) is 2.81. The molecule has 2 nitrogen and oxygen atoms in total. The van der Waals surface area contributed by atoms with Gasteiger partial charge in [0.1, 0.15) is 0 Å². The highest BCUT2D eigenvalue weighted by Gasteiger charge is 2.85. The van der Waals surface area contributed by atoms with Gasteiger partial charge in [-0.25, -0.2) is 0 Å². The average molecular weight is 279 g/mol. The number of halogens is 9. The number of ether oxygens (including phenoxy) is 1. The van der Waals surface area contributed by atoms with Gasteiger partial charge in [-0.15, -0.1) is 0 Å². The van der Waals surface area contributed by atoms with Gasteiger partial charge in [0, 0.05) is 6.54 Å². The number of rotatable bonds is 3. The third kappa shape index (κ3) is 2.76. The van der Waals surface area contributed by atoms with Crippen molar-refractivity contribution >= 4 is 0 Å². The van der Waals surface area contributed by atoms with Crippen molar-refractivity contribution in [2.24, 2.45) is 5.73 Å². The molecule has 0 spiro atoms. The molecular formula is C6H6F9NO. The predicted octanol–water partition coefficient (Wildman–Crippen LogP) is 2.39. The summed E-state index contributed by atoms with van der Waals surface area (Å²) in [6.45, 7) is -2.47. The fraction of sp³-hybridized carbons (Fsp3) is 1.00. The van der Waals surface area contributed by atoms with Crippen LogP contribution in [0.25, 0.3) is 0 Å². The largest absolute Gasteiger partial charge is 0.435 e. The van der Waals surface area contributed by atoms with Crippen LogP contribution in [-0.4, -0.2) is 37.3 Å². The van der Waals surface area contributed by atoms with E-state index < -0.39 is 37.3 Å². The Morgan fingerprint density at radius 3 is 1.18 bits per heavy atom. The smallest absolute Gasteiger partial charge is 0.350 e. The van der Waals surface area contributed by atoms with E-state index in [0.29, 0.717) is 0 Å². The Morgan fingerprint density at radius 2 is 1.00 bits per heavy atom. The Labute approximate surface area is 88.5 Å². The molecule has 11 heteroatoms. The van der Waals surface area contributed by atoms with Crippen LogP contribution in [0.2, 0.25) is 0 Å². The van der Waals surface area contributed by atoms with Crippen LogP contribution in [0.15, 0.2) is 0 Å². The Kier molecular flexibility index (Phi) is 4.33. The Hall–Kier alpha value is -0.710. The van der Waals surface area contributed by atoms with E-state index in [0.717, 1.165) is 0 Å².